The molecular formula is C9H13FN4. The lowest BCUT2D eigenvalue weighted by atomic mass is 10.2. The summed E-state index contributed by atoms with van der Waals surface area (Å²) in [5, 5.41) is 0. The van der Waals surface area contributed by atoms with Crippen molar-refractivity contribution >= 4 is 11.6 Å². The first-order valence-corrected chi connectivity index (χ1v) is 4.55. The number of rotatable bonds is 2. The molecule has 1 aromatic heterocycles. The molecular weight excluding hydrogens is 183 g/mol. The van der Waals surface area contributed by atoms with Gasteiger partial charge in [0.1, 0.15) is 24.1 Å². The number of aromatic nitrogens is 2. The summed E-state index contributed by atoms with van der Waals surface area (Å²) in [6, 6.07) is 1.87. The number of alkyl halides is 1. The predicted octanol–water partition coefficient (Wildman–Crippen LogP) is 0.701. The molecule has 1 aliphatic heterocycles. The van der Waals surface area contributed by atoms with Gasteiger partial charge in [0, 0.05) is 20.2 Å². The van der Waals surface area contributed by atoms with Crippen LogP contribution in [0.1, 0.15) is 0 Å². The molecule has 4 nitrogen and oxygen atoms in total. The van der Waals surface area contributed by atoms with E-state index in [0.717, 1.165) is 11.6 Å². The number of halogens is 1. The highest BCUT2D eigenvalue weighted by Crippen LogP contribution is 2.22. The molecule has 0 amide bonds. The van der Waals surface area contributed by atoms with Crippen molar-refractivity contribution < 1.29 is 4.39 Å². The molecule has 0 unspecified atom stereocenters. The van der Waals surface area contributed by atoms with E-state index in [1.165, 1.54) is 6.33 Å². The van der Waals surface area contributed by atoms with Crippen LogP contribution in [0.4, 0.5) is 16.0 Å². The largest absolute Gasteiger partial charge is 0.363 e. The Morgan fingerprint density at radius 1 is 1.43 bits per heavy atom. The van der Waals surface area contributed by atoms with Crippen LogP contribution >= 0.6 is 0 Å². The molecule has 2 heterocycles. The van der Waals surface area contributed by atoms with Crippen molar-refractivity contribution in [3.8, 4) is 0 Å². The van der Waals surface area contributed by atoms with Crippen molar-refractivity contribution in [3.63, 3.8) is 0 Å². The van der Waals surface area contributed by atoms with E-state index < -0.39 is 6.17 Å². The monoisotopic (exact) mass is 196 g/mol. The van der Waals surface area contributed by atoms with Gasteiger partial charge in [0.15, 0.2) is 0 Å². The molecule has 0 spiro atoms. The van der Waals surface area contributed by atoms with Gasteiger partial charge in [-0.2, -0.15) is 0 Å². The summed E-state index contributed by atoms with van der Waals surface area (Å²) in [5.41, 5.74) is 0. The Labute approximate surface area is 82.4 Å². The van der Waals surface area contributed by atoms with E-state index in [2.05, 4.69) is 9.97 Å². The first-order chi connectivity index (χ1) is 6.66. The predicted molar refractivity (Wildman–Crippen MR) is 53.5 cm³/mol. The van der Waals surface area contributed by atoms with E-state index in [1.54, 1.807) is 0 Å². The molecule has 0 atom stereocenters. The van der Waals surface area contributed by atoms with Gasteiger partial charge >= 0.3 is 0 Å². The van der Waals surface area contributed by atoms with Crippen LogP contribution in [0.15, 0.2) is 12.4 Å². The second kappa shape index (κ2) is 3.40. The first-order valence-electron chi connectivity index (χ1n) is 4.55. The highest BCUT2D eigenvalue weighted by atomic mass is 19.1. The number of hydrogen-bond donors (Lipinski definition) is 0. The number of hydrogen-bond acceptors (Lipinski definition) is 4. The maximum atomic E-state index is 12.6. The van der Waals surface area contributed by atoms with Crippen molar-refractivity contribution in [3.05, 3.63) is 12.4 Å². The lowest BCUT2D eigenvalue weighted by Gasteiger charge is -2.35. The zero-order valence-electron chi connectivity index (χ0n) is 8.31. The van der Waals surface area contributed by atoms with Crippen LogP contribution in [0.3, 0.4) is 0 Å². The van der Waals surface area contributed by atoms with Gasteiger partial charge in [0.2, 0.25) is 0 Å². The zero-order chi connectivity index (χ0) is 10.1. The SMILES string of the molecule is CN(C)c1cc(N2CC(F)C2)ncn1. The van der Waals surface area contributed by atoms with Crippen LogP contribution in [0.5, 0.6) is 0 Å². The summed E-state index contributed by atoms with van der Waals surface area (Å²) in [6.45, 7) is 0.897. The molecule has 1 aromatic rings. The second-order valence-corrected chi connectivity index (χ2v) is 3.63. The van der Waals surface area contributed by atoms with Gasteiger partial charge in [-0.25, -0.2) is 14.4 Å². The van der Waals surface area contributed by atoms with Crippen LogP contribution in [0.25, 0.3) is 0 Å². The van der Waals surface area contributed by atoms with Gasteiger partial charge in [-0.15, -0.1) is 0 Å². The first kappa shape index (κ1) is 9.18. The van der Waals surface area contributed by atoms with Crippen molar-refractivity contribution in [1.29, 1.82) is 0 Å². The molecule has 0 saturated carbocycles. The standard InChI is InChI=1S/C9H13FN4/c1-13(2)8-3-9(12-6-11-8)14-4-7(10)5-14/h3,6-7H,4-5H2,1-2H3. The average molecular weight is 196 g/mol. The van der Waals surface area contributed by atoms with Crippen LogP contribution in [0, 0.1) is 0 Å². The van der Waals surface area contributed by atoms with Gasteiger partial charge < -0.3 is 9.80 Å². The molecule has 0 radical (unpaired) electrons. The van der Waals surface area contributed by atoms with Crippen molar-refractivity contribution in [2.75, 3.05) is 37.0 Å². The third kappa shape index (κ3) is 1.62. The van der Waals surface area contributed by atoms with E-state index in [4.69, 9.17) is 0 Å². The van der Waals surface area contributed by atoms with Gasteiger partial charge in [0.25, 0.3) is 0 Å². The van der Waals surface area contributed by atoms with Gasteiger partial charge in [-0.1, -0.05) is 0 Å². The fraction of sp³-hybridized carbons (Fsp3) is 0.556. The zero-order valence-corrected chi connectivity index (χ0v) is 8.31. The third-order valence-electron chi connectivity index (χ3n) is 2.26. The van der Waals surface area contributed by atoms with Gasteiger partial charge in [0.05, 0.1) is 13.1 Å². The van der Waals surface area contributed by atoms with E-state index >= 15 is 0 Å². The minimum absolute atomic E-state index is 0.448. The maximum Gasteiger partial charge on any atom is 0.135 e. The fourth-order valence-electron chi connectivity index (χ4n) is 1.37. The lowest BCUT2D eigenvalue weighted by molar-refractivity contribution is 0.273. The second-order valence-electron chi connectivity index (χ2n) is 3.63. The maximum absolute atomic E-state index is 12.6. The van der Waals surface area contributed by atoms with E-state index in [1.807, 2.05) is 30.0 Å². The van der Waals surface area contributed by atoms with E-state index in [0.29, 0.717) is 13.1 Å². The summed E-state index contributed by atoms with van der Waals surface area (Å²) in [5.74, 6) is 1.65. The van der Waals surface area contributed by atoms with Gasteiger partial charge in [-0.3, -0.25) is 0 Å². The Morgan fingerprint density at radius 3 is 2.71 bits per heavy atom. The molecule has 2 rings (SSSR count). The summed E-state index contributed by atoms with van der Waals surface area (Å²) in [6.07, 6.45) is 0.809. The van der Waals surface area contributed by atoms with Crippen molar-refractivity contribution in [1.82, 2.24) is 9.97 Å². The molecule has 0 N–H and O–H groups in total. The number of anilines is 2. The Bertz CT molecular complexity index is 322. The summed E-state index contributed by atoms with van der Waals surface area (Å²) in [7, 11) is 3.83. The summed E-state index contributed by atoms with van der Waals surface area (Å²) < 4.78 is 12.6. The summed E-state index contributed by atoms with van der Waals surface area (Å²) >= 11 is 0. The topological polar surface area (TPSA) is 32.3 Å². The van der Waals surface area contributed by atoms with Crippen LogP contribution in [-0.2, 0) is 0 Å². The fourth-order valence-corrected chi connectivity index (χ4v) is 1.37. The molecule has 5 heteroatoms. The van der Waals surface area contributed by atoms with Crippen LogP contribution < -0.4 is 9.80 Å². The minimum Gasteiger partial charge on any atom is -0.363 e. The highest BCUT2D eigenvalue weighted by Gasteiger charge is 2.27. The molecule has 1 fully saturated rings. The van der Waals surface area contributed by atoms with E-state index in [9.17, 15) is 4.39 Å². The smallest absolute Gasteiger partial charge is 0.135 e. The molecule has 14 heavy (non-hydrogen) atoms. The van der Waals surface area contributed by atoms with Crippen molar-refractivity contribution in [2.24, 2.45) is 0 Å². The molecule has 0 aliphatic carbocycles. The molecule has 76 valence electrons. The van der Waals surface area contributed by atoms with Crippen LogP contribution in [-0.4, -0.2) is 43.3 Å². The molecule has 0 aromatic carbocycles. The Morgan fingerprint density at radius 2 is 2.14 bits per heavy atom. The van der Waals surface area contributed by atoms with Crippen LogP contribution in [0.2, 0.25) is 0 Å². The number of nitrogens with zero attached hydrogens (tertiary/aromatic N) is 4. The quantitative estimate of drug-likeness (QED) is 0.697. The Kier molecular flexibility index (Phi) is 2.23. The third-order valence-corrected chi connectivity index (χ3v) is 2.26. The lowest BCUT2D eigenvalue weighted by Crippen LogP contribution is -2.48. The highest BCUT2D eigenvalue weighted by molar-refractivity contribution is 5.50. The molecule has 1 aliphatic rings. The molecule has 0 bridgehead atoms. The summed E-state index contributed by atoms with van der Waals surface area (Å²) in [4.78, 5) is 12.0. The van der Waals surface area contributed by atoms with Crippen molar-refractivity contribution in [2.45, 2.75) is 6.17 Å². The Hall–Kier alpha value is -1.39. The minimum atomic E-state index is -0.701. The Balaban J connectivity index is 2.14. The normalized spacial score (nSPS) is 16.6. The van der Waals surface area contributed by atoms with E-state index in [-0.39, 0.29) is 0 Å². The van der Waals surface area contributed by atoms with Gasteiger partial charge in [-0.05, 0) is 0 Å². The molecule has 1 saturated heterocycles. The average Bonchev–Trinajstić information content (AvgIpc) is 2.13.